The molecule has 0 amide bonds. The summed E-state index contributed by atoms with van der Waals surface area (Å²) in [6.45, 7) is 5.86. The third kappa shape index (κ3) is 1.64. The molecular weight excluding hydrogens is 226 g/mol. The van der Waals surface area contributed by atoms with Gasteiger partial charge in [0.25, 0.3) is 0 Å². The normalized spacial score (nSPS) is 11.1. The number of nitrogens with zero attached hydrogens (tertiary/aromatic N) is 5. The Labute approximate surface area is 105 Å². The summed E-state index contributed by atoms with van der Waals surface area (Å²) in [7, 11) is 0. The van der Waals surface area contributed by atoms with Gasteiger partial charge in [-0.1, -0.05) is 0 Å². The average molecular weight is 239 g/mol. The Hall–Kier alpha value is -2.30. The van der Waals surface area contributed by atoms with Crippen LogP contribution in [-0.2, 0) is 0 Å². The molecule has 0 N–H and O–H groups in total. The van der Waals surface area contributed by atoms with Crippen LogP contribution < -0.4 is 0 Å². The molecule has 0 spiro atoms. The van der Waals surface area contributed by atoms with Crippen molar-refractivity contribution in [1.82, 2.24) is 24.6 Å². The van der Waals surface area contributed by atoms with E-state index in [9.17, 15) is 0 Å². The Kier molecular flexibility index (Phi) is 2.33. The zero-order chi connectivity index (χ0) is 12.7. The van der Waals surface area contributed by atoms with Crippen molar-refractivity contribution in [2.45, 2.75) is 20.8 Å². The molecular formula is C13H13N5. The van der Waals surface area contributed by atoms with Crippen LogP contribution in [0.2, 0.25) is 0 Å². The molecule has 0 saturated heterocycles. The molecule has 5 nitrogen and oxygen atoms in total. The Bertz CT molecular complexity index is 729. The minimum atomic E-state index is 0.640. The second kappa shape index (κ2) is 3.87. The molecule has 0 aromatic carbocycles. The van der Waals surface area contributed by atoms with Gasteiger partial charge in [0.15, 0.2) is 5.82 Å². The highest BCUT2D eigenvalue weighted by molar-refractivity contribution is 5.61. The molecule has 0 bridgehead atoms. The Balaban J connectivity index is 2.16. The highest BCUT2D eigenvalue weighted by atomic mass is 15.2. The molecule has 3 heterocycles. The number of aromatic nitrogens is 5. The van der Waals surface area contributed by atoms with Gasteiger partial charge in [0.05, 0.1) is 11.4 Å². The van der Waals surface area contributed by atoms with Crippen LogP contribution in [-0.4, -0.2) is 24.6 Å². The van der Waals surface area contributed by atoms with Gasteiger partial charge in [0.1, 0.15) is 5.65 Å². The van der Waals surface area contributed by atoms with Crippen LogP contribution in [0.3, 0.4) is 0 Å². The zero-order valence-electron chi connectivity index (χ0n) is 10.5. The van der Waals surface area contributed by atoms with Gasteiger partial charge in [-0.3, -0.25) is 0 Å². The van der Waals surface area contributed by atoms with Crippen LogP contribution >= 0.6 is 0 Å². The van der Waals surface area contributed by atoms with E-state index in [0.29, 0.717) is 5.82 Å². The number of aryl methyl sites for hydroxylation is 3. The molecule has 0 aliphatic rings. The maximum Gasteiger partial charge on any atom is 0.182 e. The first-order valence-corrected chi connectivity index (χ1v) is 5.77. The maximum atomic E-state index is 4.45. The van der Waals surface area contributed by atoms with E-state index in [2.05, 4.69) is 20.2 Å². The maximum absolute atomic E-state index is 4.45. The lowest BCUT2D eigenvalue weighted by Gasteiger charge is -2.03. The summed E-state index contributed by atoms with van der Waals surface area (Å²) in [6.07, 6.45) is 3.82. The van der Waals surface area contributed by atoms with E-state index in [-0.39, 0.29) is 0 Å². The van der Waals surface area contributed by atoms with Gasteiger partial charge in [0, 0.05) is 23.7 Å². The van der Waals surface area contributed by atoms with Crippen molar-refractivity contribution in [3.8, 4) is 11.4 Å². The monoisotopic (exact) mass is 239 g/mol. The van der Waals surface area contributed by atoms with Gasteiger partial charge >= 0.3 is 0 Å². The lowest BCUT2D eigenvalue weighted by Crippen LogP contribution is -1.99. The summed E-state index contributed by atoms with van der Waals surface area (Å²) in [6, 6.07) is 3.95. The lowest BCUT2D eigenvalue weighted by atomic mass is 10.2. The fourth-order valence-corrected chi connectivity index (χ4v) is 1.83. The minimum absolute atomic E-state index is 0.640. The highest BCUT2D eigenvalue weighted by Crippen LogP contribution is 2.17. The molecule has 0 aliphatic carbocycles. The molecule has 3 aromatic heterocycles. The molecule has 0 unspecified atom stereocenters. The van der Waals surface area contributed by atoms with Gasteiger partial charge < -0.3 is 4.40 Å². The lowest BCUT2D eigenvalue weighted by molar-refractivity contribution is 0.904. The number of hydrogen-bond acceptors (Lipinski definition) is 4. The van der Waals surface area contributed by atoms with E-state index in [1.165, 1.54) is 0 Å². The summed E-state index contributed by atoms with van der Waals surface area (Å²) in [4.78, 5) is 8.78. The fourth-order valence-electron chi connectivity index (χ4n) is 1.83. The number of rotatable bonds is 1. The van der Waals surface area contributed by atoms with Crippen LogP contribution in [0.5, 0.6) is 0 Å². The topological polar surface area (TPSA) is 56.0 Å². The zero-order valence-corrected chi connectivity index (χ0v) is 10.5. The molecule has 5 heteroatoms. The predicted octanol–water partition coefficient (Wildman–Crippen LogP) is 2.11. The molecule has 0 aliphatic heterocycles. The Morgan fingerprint density at radius 1 is 1.06 bits per heavy atom. The van der Waals surface area contributed by atoms with Crippen LogP contribution in [0, 0.1) is 20.8 Å². The summed E-state index contributed by atoms with van der Waals surface area (Å²) in [5.74, 6) is 0.640. The van der Waals surface area contributed by atoms with E-state index in [4.69, 9.17) is 0 Å². The van der Waals surface area contributed by atoms with Gasteiger partial charge in [-0.25, -0.2) is 9.97 Å². The number of hydrogen-bond donors (Lipinski definition) is 0. The van der Waals surface area contributed by atoms with E-state index < -0.39 is 0 Å². The summed E-state index contributed by atoms with van der Waals surface area (Å²) in [5.41, 5.74) is 4.70. The van der Waals surface area contributed by atoms with Crippen molar-refractivity contribution in [1.29, 1.82) is 0 Å². The quantitative estimate of drug-likeness (QED) is 0.652. The first-order valence-electron chi connectivity index (χ1n) is 5.77. The van der Waals surface area contributed by atoms with Crippen LogP contribution in [0.25, 0.3) is 17.0 Å². The smallest absolute Gasteiger partial charge is 0.182 e. The van der Waals surface area contributed by atoms with Crippen LogP contribution in [0.15, 0.2) is 24.5 Å². The minimum Gasteiger partial charge on any atom is -0.304 e. The standard InChI is InChI=1S/C13H13N5/c1-8-7-14-12-6-11(4-5-18(8)12)13-15-9(2)10(3)16-17-13/h4-7H,1-3H3. The van der Waals surface area contributed by atoms with Gasteiger partial charge in [-0.15, -0.1) is 5.10 Å². The van der Waals surface area contributed by atoms with Crippen molar-refractivity contribution in [2.75, 3.05) is 0 Å². The van der Waals surface area contributed by atoms with Crippen molar-refractivity contribution in [2.24, 2.45) is 0 Å². The molecule has 0 radical (unpaired) electrons. The van der Waals surface area contributed by atoms with Crippen molar-refractivity contribution < 1.29 is 0 Å². The largest absolute Gasteiger partial charge is 0.304 e. The van der Waals surface area contributed by atoms with Gasteiger partial charge in [-0.2, -0.15) is 5.10 Å². The van der Waals surface area contributed by atoms with Crippen LogP contribution in [0.4, 0.5) is 0 Å². The average Bonchev–Trinajstić information content (AvgIpc) is 2.74. The van der Waals surface area contributed by atoms with E-state index >= 15 is 0 Å². The molecule has 0 saturated carbocycles. The van der Waals surface area contributed by atoms with E-state index in [0.717, 1.165) is 28.3 Å². The molecule has 0 fully saturated rings. The Morgan fingerprint density at radius 3 is 2.67 bits per heavy atom. The first-order chi connectivity index (χ1) is 8.65. The highest BCUT2D eigenvalue weighted by Gasteiger charge is 2.07. The van der Waals surface area contributed by atoms with Crippen molar-refractivity contribution in [3.05, 3.63) is 41.6 Å². The number of imidazole rings is 1. The molecule has 3 rings (SSSR count). The van der Waals surface area contributed by atoms with Crippen molar-refractivity contribution in [3.63, 3.8) is 0 Å². The van der Waals surface area contributed by atoms with Crippen molar-refractivity contribution >= 4 is 5.65 Å². The predicted molar refractivity (Wildman–Crippen MR) is 68.2 cm³/mol. The van der Waals surface area contributed by atoms with Gasteiger partial charge in [0.2, 0.25) is 0 Å². The second-order valence-corrected chi connectivity index (χ2v) is 4.35. The fraction of sp³-hybridized carbons (Fsp3) is 0.231. The molecule has 90 valence electrons. The van der Waals surface area contributed by atoms with Gasteiger partial charge in [-0.05, 0) is 32.9 Å². The number of fused-ring (bicyclic) bond motifs is 1. The van der Waals surface area contributed by atoms with E-state index in [1.807, 2.05) is 49.7 Å². The molecule has 3 aromatic rings. The summed E-state index contributed by atoms with van der Waals surface area (Å²) in [5, 5.41) is 8.23. The molecule has 18 heavy (non-hydrogen) atoms. The summed E-state index contributed by atoms with van der Waals surface area (Å²) >= 11 is 0. The number of pyridine rings is 1. The van der Waals surface area contributed by atoms with Crippen LogP contribution in [0.1, 0.15) is 17.1 Å². The second-order valence-electron chi connectivity index (χ2n) is 4.35. The third-order valence-electron chi connectivity index (χ3n) is 3.05. The first kappa shape index (κ1) is 10.8. The Morgan fingerprint density at radius 2 is 1.89 bits per heavy atom. The summed E-state index contributed by atoms with van der Waals surface area (Å²) < 4.78 is 2.03. The van der Waals surface area contributed by atoms with E-state index in [1.54, 1.807) is 0 Å². The molecule has 0 atom stereocenters. The third-order valence-corrected chi connectivity index (χ3v) is 3.05. The SMILES string of the molecule is Cc1nnc(-c2ccn3c(C)cnc3c2)nc1C.